The number of amides is 2. The van der Waals surface area contributed by atoms with E-state index in [1.54, 1.807) is 16.8 Å². The first-order valence-electron chi connectivity index (χ1n) is 15.9. The topological polar surface area (TPSA) is 124 Å². The maximum Gasteiger partial charge on any atom is 0.257 e. The molecular weight excluding hydrogens is 579 g/mol. The minimum Gasteiger partial charge on any atom is -0.364 e. The second-order valence-electron chi connectivity index (χ2n) is 13.4. The fourth-order valence-electron chi connectivity index (χ4n) is 6.02. The van der Waals surface area contributed by atoms with E-state index in [1.165, 1.54) is 6.26 Å². The molecule has 0 spiro atoms. The van der Waals surface area contributed by atoms with Gasteiger partial charge in [0.15, 0.2) is 0 Å². The lowest BCUT2D eigenvalue weighted by atomic mass is 9.88. The van der Waals surface area contributed by atoms with Crippen LogP contribution in [0.25, 0.3) is 11.1 Å². The maximum absolute atomic E-state index is 15.6. The van der Waals surface area contributed by atoms with E-state index in [0.29, 0.717) is 66.1 Å². The Bertz CT molecular complexity index is 1480. The molecule has 238 valence electrons. The summed E-state index contributed by atoms with van der Waals surface area (Å²) in [6, 6.07) is 3.52. The number of ether oxygens (including phenoxy) is 1. The lowest BCUT2D eigenvalue weighted by molar-refractivity contribution is -0.119. The molecule has 0 saturated heterocycles. The molecule has 2 saturated carbocycles. The standard InChI is InChI=1S/C32H45FN6O4Si/c1-7-24-23(17-43-38-24)31(40)36-29(28(20-9-10-20)21-11-12-21)32(41)35-26-14-13-22(30(33)34-26)27-19(3)37-39(25(27)8-2)18-42-15-16-44(4,5)6/h13-14,17,20-21,28-29H,7-12,15-16,18H2,1-6H3,(H,36,40)(H,34,35,41)/t29-/m0/s1. The first-order chi connectivity index (χ1) is 21.0. The number of pyridine rings is 1. The van der Waals surface area contributed by atoms with Gasteiger partial charge in [-0.05, 0) is 81.4 Å². The molecule has 3 aromatic rings. The van der Waals surface area contributed by atoms with Gasteiger partial charge in [0.2, 0.25) is 11.9 Å². The summed E-state index contributed by atoms with van der Waals surface area (Å²) in [6.07, 6.45) is 6.62. The molecule has 2 fully saturated rings. The van der Waals surface area contributed by atoms with Crippen molar-refractivity contribution in [3.63, 3.8) is 0 Å². The molecule has 3 heterocycles. The van der Waals surface area contributed by atoms with Crippen molar-refractivity contribution in [2.45, 2.75) is 97.8 Å². The van der Waals surface area contributed by atoms with Gasteiger partial charge in [-0.1, -0.05) is 38.6 Å². The number of anilines is 1. The number of carbonyl (C=O) groups excluding carboxylic acids is 2. The lowest BCUT2D eigenvalue weighted by Crippen LogP contribution is -2.50. The second-order valence-corrected chi connectivity index (χ2v) is 19.0. The average Bonchev–Trinajstić information content (AvgIpc) is 3.91. The van der Waals surface area contributed by atoms with Crippen LogP contribution in [0.1, 0.15) is 67.0 Å². The molecule has 44 heavy (non-hydrogen) atoms. The summed E-state index contributed by atoms with van der Waals surface area (Å²) in [4.78, 5) is 31.1. The van der Waals surface area contributed by atoms with Gasteiger partial charge in [0, 0.05) is 31.5 Å². The van der Waals surface area contributed by atoms with Crippen molar-refractivity contribution in [1.82, 2.24) is 25.2 Å². The summed E-state index contributed by atoms with van der Waals surface area (Å²) >= 11 is 0. The Morgan fingerprint density at radius 1 is 1.14 bits per heavy atom. The highest BCUT2D eigenvalue weighted by Crippen LogP contribution is 2.51. The second kappa shape index (κ2) is 13.3. The Morgan fingerprint density at radius 2 is 1.84 bits per heavy atom. The van der Waals surface area contributed by atoms with Crippen LogP contribution < -0.4 is 10.6 Å². The highest BCUT2D eigenvalue weighted by Gasteiger charge is 2.48. The number of nitrogens with zero attached hydrogens (tertiary/aromatic N) is 4. The van der Waals surface area contributed by atoms with Crippen LogP contribution in [0.3, 0.4) is 0 Å². The van der Waals surface area contributed by atoms with Crippen molar-refractivity contribution in [2.75, 3.05) is 11.9 Å². The Hall–Kier alpha value is -3.38. The Balaban J connectivity index is 1.33. The van der Waals surface area contributed by atoms with Crippen molar-refractivity contribution in [3.8, 4) is 11.1 Å². The summed E-state index contributed by atoms with van der Waals surface area (Å²) in [7, 11) is -1.21. The Morgan fingerprint density at radius 3 is 2.43 bits per heavy atom. The summed E-state index contributed by atoms with van der Waals surface area (Å²) in [5, 5.41) is 14.3. The van der Waals surface area contributed by atoms with E-state index in [0.717, 1.165) is 37.4 Å². The first-order valence-corrected chi connectivity index (χ1v) is 19.6. The van der Waals surface area contributed by atoms with Crippen LogP contribution in [0.4, 0.5) is 10.2 Å². The zero-order valence-electron chi connectivity index (χ0n) is 26.7. The van der Waals surface area contributed by atoms with Crippen LogP contribution >= 0.6 is 0 Å². The molecule has 3 aromatic heterocycles. The van der Waals surface area contributed by atoms with Gasteiger partial charge in [-0.15, -0.1) is 0 Å². The number of nitrogens with one attached hydrogen (secondary N) is 2. The van der Waals surface area contributed by atoms with E-state index in [-0.39, 0.29) is 11.7 Å². The number of hydrogen-bond acceptors (Lipinski definition) is 7. The summed E-state index contributed by atoms with van der Waals surface area (Å²) in [6.45, 7) is 13.6. The smallest absolute Gasteiger partial charge is 0.257 e. The quantitative estimate of drug-likeness (QED) is 0.121. The van der Waals surface area contributed by atoms with Crippen LogP contribution in [0.15, 0.2) is 22.9 Å². The minimum atomic E-state index is -1.21. The largest absolute Gasteiger partial charge is 0.364 e. The predicted octanol–water partition coefficient (Wildman–Crippen LogP) is 5.99. The van der Waals surface area contributed by atoms with Crippen molar-refractivity contribution < 1.29 is 23.2 Å². The monoisotopic (exact) mass is 624 g/mol. The number of aromatic nitrogens is 4. The third kappa shape index (κ3) is 7.45. The molecular formula is C32H45FN6O4Si. The van der Waals surface area contributed by atoms with Gasteiger partial charge >= 0.3 is 0 Å². The SMILES string of the molecule is CCc1nocc1C(=O)N[C@H](C(=O)Nc1ccc(-c2c(C)nn(COCC[Si](C)(C)C)c2CC)c(F)n1)C(C1CC1)C1CC1. The van der Waals surface area contributed by atoms with Crippen LogP contribution in [-0.2, 0) is 29.1 Å². The lowest BCUT2D eigenvalue weighted by Gasteiger charge is -2.27. The number of aryl methyl sites for hydroxylation is 2. The van der Waals surface area contributed by atoms with Crippen molar-refractivity contribution in [2.24, 2.45) is 17.8 Å². The minimum absolute atomic E-state index is 0.0153. The molecule has 5 rings (SSSR count). The number of rotatable bonds is 15. The number of halogens is 1. The summed E-state index contributed by atoms with van der Waals surface area (Å²) in [5.74, 6) is -0.619. The van der Waals surface area contributed by atoms with Crippen LogP contribution in [0.2, 0.25) is 25.7 Å². The third-order valence-electron chi connectivity index (χ3n) is 8.66. The van der Waals surface area contributed by atoms with Gasteiger partial charge in [-0.25, -0.2) is 9.67 Å². The predicted molar refractivity (Wildman–Crippen MR) is 168 cm³/mol. The van der Waals surface area contributed by atoms with E-state index in [2.05, 4.69) is 45.5 Å². The zero-order valence-corrected chi connectivity index (χ0v) is 27.7. The first kappa shape index (κ1) is 32.0. The Labute approximate surface area is 259 Å². The summed E-state index contributed by atoms with van der Waals surface area (Å²) < 4.78 is 28.4. The zero-order chi connectivity index (χ0) is 31.6. The molecule has 2 aliphatic carbocycles. The molecule has 2 aliphatic rings. The van der Waals surface area contributed by atoms with E-state index < -0.39 is 31.9 Å². The van der Waals surface area contributed by atoms with Gasteiger partial charge in [-0.3, -0.25) is 9.59 Å². The molecule has 0 radical (unpaired) electrons. The van der Waals surface area contributed by atoms with Crippen molar-refractivity contribution >= 4 is 25.7 Å². The number of carbonyl (C=O) groups is 2. The van der Waals surface area contributed by atoms with Gasteiger partial charge in [0.05, 0.1) is 11.4 Å². The fraction of sp³-hybridized carbons (Fsp3) is 0.594. The third-order valence-corrected chi connectivity index (χ3v) is 10.4. The normalized spacial score (nSPS) is 15.9. The fourth-order valence-corrected chi connectivity index (χ4v) is 6.77. The Kier molecular flexibility index (Phi) is 9.69. The molecule has 0 aromatic carbocycles. The van der Waals surface area contributed by atoms with Crippen molar-refractivity contribution in [1.29, 1.82) is 0 Å². The van der Waals surface area contributed by atoms with E-state index >= 15 is 4.39 Å². The van der Waals surface area contributed by atoms with Crippen LogP contribution in [-0.4, -0.2) is 52.5 Å². The highest BCUT2D eigenvalue weighted by molar-refractivity contribution is 6.76. The van der Waals surface area contributed by atoms with Gasteiger partial charge < -0.3 is 19.9 Å². The molecule has 12 heteroatoms. The van der Waals surface area contributed by atoms with Gasteiger partial charge in [0.1, 0.15) is 30.4 Å². The van der Waals surface area contributed by atoms with Crippen LogP contribution in [0.5, 0.6) is 0 Å². The molecule has 0 bridgehead atoms. The summed E-state index contributed by atoms with van der Waals surface area (Å²) in [5.41, 5.74) is 3.44. The van der Waals surface area contributed by atoms with Crippen LogP contribution in [0, 0.1) is 30.6 Å². The van der Waals surface area contributed by atoms with Gasteiger partial charge in [0.25, 0.3) is 5.91 Å². The molecule has 2 amide bonds. The van der Waals surface area contributed by atoms with E-state index in [4.69, 9.17) is 9.26 Å². The number of hydrogen-bond donors (Lipinski definition) is 2. The van der Waals surface area contributed by atoms with Gasteiger partial charge in [-0.2, -0.15) is 9.49 Å². The molecule has 10 nitrogen and oxygen atoms in total. The molecule has 0 unspecified atom stereocenters. The highest BCUT2D eigenvalue weighted by atomic mass is 28.3. The van der Waals surface area contributed by atoms with E-state index in [1.807, 2.05) is 20.8 Å². The molecule has 2 N–H and O–H groups in total. The molecule has 0 aliphatic heterocycles. The van der Waals surface area contributed by atoms with E-state index in [9.17, 15) is 9.59 Å². The van der Waals surface area contributed by atoms with Crippen molar-refractivity contribution in [3.05, 3.63) is 47.0 Å². The average molecular weight is 625 g/mol. The molecule has 1 atom stereocenters. The maximum atomic E-state index is 15.6.